The van der Waals surface area contributed by atoms with E-state index in [2.05, 4.69) is 15.6 Å². The Kier molecular flexibility index (Phi) is 6.56. The first-order valence-corrected chi connectivity index (χ1v) is 7.91. The molecule has 1 unspecified atom stereocenters. The number of anilines is 1. The van der Waals surface area contributed by atoms with E-state index < -0.39 is 6.04 Å². The van der Waals surface area contributed by atoms with Crippen LogP contribution in [-0.4, -0.2) is 24.0 Å². The molecule has 23 heavy (non-hydrogen) atoms. The summed E-state index contributed by atoms with van der Waals surface area (Å²) >= 11 is 0. The van der Waals surface area contributed by atoms with Gasteiger partial charge in [-0.15, -0.1) is 0 Å². The van der Waals surface area contributed by atoms with Gasteiger partial charge in [0.1, 0.15) is 11.9 Å². The second-order valence-electron chi connectivity index (χ2n) is 5.53. The third-order valence-electron chi connectivity index (χ3n) is 3.59. The number of carbonyl (C=O) groups excluding carboxylic acids is 1. The summed E-state index contributed by atoms with van der Waals surface area (Å²) in [5, 5.41) is 6.13. The van der Waals surface area contributed by atoms with Gasteiger partial charge < -0.3 is 16.4 Å². The van der Waals surface area contributed by atoms with Crippen LogP contribution in [-0.2, 0) is 4.79 Å². The molecule has 5 nitrogen and oxygen atoms in total. The van der Waals surface area contributed by atoms with E-state index in [9.17, 15) is 4.79 Å². The molecule has 5 heteroatoms. The lowest BCUT2D eigenvalue weighted by Gasteiger charge is -2.13. The van der Waals surface area contributed by atoms with Crippen molar-refractivity contribution in [3.8, 4) is 0 Å². The third-order valence-corrected chi connectivity index (χ3v) is 3.59. The summed E-state index contributed by atoms with van der Waals surface area (Å²) in [6.45, 7) is 3.47. The molecule has 1 amide bonds. The van der Waals surface area contributed by atoms with Crippen molar-refractivity contribution in [3.05, 3.63) is 59.8 Å². The molecular weight excluding hydrogens is 288 g/mol. The summed E-state index contributed by atoms with van der Waals surface area (Å²) in [4.78, 5) is 16.2. The molecule has 1 aromatic heterocycles. The van der Waals surface area contributed by atoms with E-state index in [1.807, 2.05) is 49.4 Å². The number of carbonyl (C=O) groups is 1. The van der Waals surface area contributed by atoms with Crippen LogP contribution in [0.3, 0.4) is 0 Å². The number of nitrogens with one attached hydrogen (secondary N) is 2. The topological polar surface area (TPSA) is 80.0 Å². The van der Waals surface area contributed by atoms with Crippen LogP contribution < -0.4 is 16.4 Å². The Labute approximate surface area is 137 Å². The molecule has 2 aromatic rings. The lowest BCUT2D eigenvalue weighted by atomic mass is 10.1. The molecule has 2 rings (SSSR count). The minimum atomic E-state index is -0.609. The third kappa shape index (κ3) is 5.71. The molecule has 0 spiro atoms. The Morgan fingerprint density at radius 2 is 1.87 bits per heavy atom. The average molecular weight is 312 g/mol. The minimum Gasteiger partial charge on any atom is -0.370 e. The standard InChI is InChI=1S/C18H24N4O/c1-14-7-9-15(10-8-14)17(19)18(23)22-13-5-4-12-21-16-6-2-3-11-20-16/h2-3,6-11,17H,4-5,12-13,19H2,1H3,(H,20,21)(H,22,23). The number of benzene rings is 1. The Morgan fingerprint density at radius 1 is 1.13 bits per heavy atom. The highest BCUT2D eigenvalue weighted by Gasteiger charge is 2.14. The van der Waals surface area contributed by atoms with Crippen LogP contribution in [0.15, 0.2) is 48.7 Å². The van der Waals surface area contributed by atoms with E-state index in [-0.39, 0.29) is 5.91 Å². The first-order chi connectivity index (χ1) is 11.2. The summed E-state index contributed by atoms with van der Waals surface area (Å²) in [6, 6.07) is 12.9. The van der Waals surface area contributed by atoms with Crippen molar-refractivity contribution in [1.82, 2.24) is 10.3 Å². The maximum absolute atomic E-state index is 12.0. The Balaban J connectivity index is 1.62. The highest BCUT2D eigenvalue weighted by atomic mass is 16.2. The summed E-state index contributed by atoms with van der Waals surface area (Å²) in [5.41, 5.74) is 7.97. The molecule has 1 atom stereocenters. The molecule has 0 aliphatic heterocycles. The van der Waals surface area contributed by atoms with Crippen LogP contribution in [0.4, 0.5) is 5.82 Å². The summed E-state index contributed by atoms with van der Waals surface area (Å²) in [5.74, 6) is 0.740. The number of hydrogen-bond donors (Lipinski definition) is 3. The van der Waals surface area contributed by atoms with Crippen molar-refractivity contribution in [3.63, 3.8) is 0 Å². The average Bonchev–Trinajstić information content (AvgIpc) is 2.58. The first-order valence-electron chi connectivity index (χ1n) is 7.91. The predicted octanol–water partition coefficient (Wildman–Crippen LogP) is 2.40. The van der Waals surface area contributed by atoms with Crippen LogP contribution in [0.25, 0.3) is 0 Å². The van der Waals surface area contributed by atoms with Gasteiger partial charge >= 0.3 is 0 Å². The summed E-state index contributed by atoms with van der Waals surface area (Å²) < 4.78 is 0. The Hall–Kier alpha value is -2.40. The SMILES string of the molecule is Cc1ccc(C(N)C(=O)NCCCCNc2ccccn2)cc1. The van der Waals surface area contributed by atoms with E-state index >= 15 is 0 Å². The van der Waals surface area contributed by atoms with Crippen LogP contribution in [0.5, 0.6) is 0 Å². The highest BCUT2D eigenvalue weighted by molar-refractivity contribution is 5.82. The normalized spacial score (nSPS) is 11.7. The number of nitrogens with two attached hydrogens (primary N) is 1. The molecule has 0 bridgehead atoms. The number of amides is 1. The number of pyridine rings is 1. The van der Waals surface area contributed by atoms with Crippen molar-refractivity contribution in [1.29, 1.82) is 0 Å². The van der Waals surface area contributed by atoms with E-state index in [4.69, 9.17) is 5.73 Å². The first kappa shape index (κ1) is 17.0. The molecule has 0 saturated carbocycles. The van der Waals surface area contributed by atoms with E-state index in [0.29, 0.717) is 6.54 Å². The van der Waals surface area contributed by atoms with Crippen molar-refractivity contribution >= 4 is 11.7 Å². The Morgan fingerprint density at radius 3 is 2.57 bits per heavy atom. The molecule has 0 aliphatic carbocycles. The molecule has 0 saturated heterocycles. The molecule has 1 heterocycles. The van der Waals surface area contributed by atoms with Gasteiger partial charge in [0.25, 0.3) is 0 Å². The Bertz CT molecular complexity index is 598. The zero-order valence-corrected chi connectivity index (χ0v) is 13.5. The monoisotopic (exact) mass is 312 g/mol. The van der Waals surface area contributed by atoms with Gasteiger partial charge in [-0.25, -0.2) is 4.98 Å². The quantitative estimate of drug-likeness (QED) is 0.654. The number of rotatable bonds is 8. The molecule has 1 aromatic carbocycles. The second kappa shape index (κ2) is 8.90. The fraction of sp³-hybridized carbons (Fsp3) is 0.333. The number of nitrogens with zero attached hydrogens (tertiary/aromatic N) is 1. The fourth-order valence-corrected chi connectivity index (χ4v) is 2.18. The van der Waals surface area contributed by atoms with Crippen LogP contribution in [0, 0.1) is 6.92 Å². The smallest absolute Gasteiger partial charge is 0.241 e. The summed E-state index contributed by atoms with van der Waals surface area (Å²) in [6.07, 6.45) is 3.61. The molecule has 122 valence electrons. The molecule has 4 N–H and O–H groups in total. The fourth-order valence-electron chi connectivity index (χ4n) is 2.18. The highest BCUT2D eigenvalue weighted by Crippen LogP contribution is 2.11. The predicted molar refractivity (Wildman–Crippen MR) is 93.1 cm³/mol. The van der Waals surface area contributed by atoms with Crippen LogP contribution in [0.1, 0.15) is 30.0 Å². The van der Waals surface area contributed by atoms with E-state index in [0.717, 1.165) is 36.3 Å². The zero-order valence-electron chi connectivity index (χ0n) is 13.5. The van der Waals surface area contributed by atoms with E-state index in [1.165, 1.54) is 0 Å². The largest absolute Gasteiger partial charge is 0.370 e. The number of unbranched alkanes of at least 4 members (excludes halogenated alkanes) is 1. The second-order valence-corrected chi connectivity index (χ2v) is 5.53. The lowest BCUT2D eigenvalue weighted by Crippen LogP contribution is -2.34. The lowest BCUT2D eigenvalue weighted by molar-refractivity contribution is -0.122. The minimum absolute atomic E-state index is 0.133. The molecule has 0 fully saturated rings. The van der Waals surface area contributed by atoms with Crippen LogP contribution in [0.2, 0.25) is 0 Å². The number of aromatic nitrogens is 1. The number of hydrogen-bond acceptors (Lipinski definition) is 4. The maximum Gasteiger partial charge on any atom is 0.241 e. The summed E-state index contributed by atoms with van der Waals surface area (Å²) in [7, 11) is 0. The van der Waals surface area contributed by atoms with Gasteiger partial charge in [0.05, 0.1) is 0 Å². The van der Waals surface area contributed by atoms with Gasteiger partial charge in [-0.05, 0) is 37.5 Å². The van der Waals surface area contributed by atoms with Gasteiger partial charge in [0, 0.05) is 19.3 Å². The molecule has 0 radical (unpaired) electrons. The van der Waals surface area contributed by atoms with E-state index in [1.54, 1.807) is 6.20 Å². The van der Waals surface area contributed by atoms with Crippen LogP contribution >= 0.6 is 0 Å². The van der Waals surface area contributed by atoms with Gasteiger partial charge in [-0.1, -0.05) is 35.9 Å². The maximum atomic E-state index is 12.0. The van der Waals surface area contributed by atoms with Gasteiger partial charge in [-0.2, -0.15) is 0 Å². The zero-order chi connectivity index (χ0) is 16.5. The van der Waals surface area contributed by atoms with Crippen molar-refractivity contribution < 1.29 is 4.79 Å². The molecular formula is C18H24N4O. The van der Waals surface area contributed by atoms with Gasteiger partial charge in [0.2, 0.25) is 5.91 Å². The van der Waals surface area contributed by atoms with Gasteiger partial charge in [-0.3, -0.25) is 4.79 Å². The van der Waals surface area contributed by atoms with Crippen molar-refractivity contribution in [2.45, 2.75) is 25.8 Å². The molecule has 0 aliphatic rings. The number of aryl methyl sites for hydroxylation is 1. The van der Waals surface area contributed by atoms with Crippen molar-refractivity contribution in [2.24, 2.45) is 5.73 Å². The van der Waals surface area contributed by atoms with Gasteiger partial charge in [0.15, 0.2) is 0 Å². The van der Waals surface area contributed by atoms with Crippen molar-refractivity contribution in [2.75, 3.05) is 18.4 Å².